The molecule has 3 aromatic heterocycles. The van der Waals surface area contributed by atoms with Crippen LogP contribution in [0.3, 0.4) is 0 Å². The summed E-state index contributed by atoms with van der Waals surface area (Å²) >= 11 is 12.7. The van der Waals surface area contributed by atoms with E-state index in [0.29, 0.717) is 18.6 Å². The van der Waals surface area contributed by atoms with Crippen molar-refractivity contribution in [2.45, 2.75) is 12.3 Å². The van der Waals surface area contributed by atoms with Gasteiger partial charge >= 0.3 is 6.18 Å². The van der Waals surface area contributed by atoms with E-state index >= 15 is 0 Å². The minimum Gasteiger partial charge on any atom is -0.488 e. The fourth-order valence-electron chi connectivity index (χ4n) is 3.63. The van der Waals surface area contributed by atoms with Crippen LogP contribution in [0.15, 0.2) is 43.0 Å². The number of hydrogen-bond acceptors (Lipinski definition) is 9. The molecule has 0 atom stereocenters. The van der Waals surface area contributed by atoms with Crippen LogP contribution in [-0.2, 0) is 13.2 Å². The SMILES string of the molecule is Cn1c(Nc2cc(OC3CNC3)cc(C(F)(F)F)c2)nc2ncc(O/C(=C/N)c3nccnc3Cl)c(Cl)c21. The number of pyridine rings is 1. The molecule has 0 saturated carbocycles. The summed E-state index contributed by atoms with van der Waals surface area (Å²) in [6.45, 7) is 1.12. The molecule has 0 bridgehead atoms. The number of hydrogen-bond donors (Lipinski definition) is 3. The predicted octanol–water partition coefficient (Wildman–Crippen LogP) is 4.51. The molecule has 1 fully saturated rings. The molecule has 38 heavy (non-hydrogen) atoms. The Hall–Kier alpha value is -3.81. The maximum Gasteiger partial charge on any atom is 0.416 e. The van der Waals surface area contributed by atoms with Crippen molar-refractivity contribution in [1.29, 1.82) is 0 Å². The van der Waals surface area contributed by atoms with Gasteiger partial charge < -0.3 is 30.4 Å². The van der Waals surface area contributed by atoms with Crippen LogP contribution in [0, 0.1) is 0 Å². The van der Waals surface area contributed by atoms with Crippen LogP contribution in [0.1, 0.15) is 11.3 Å². The Morgan fingerprint density at radius 2 is 1.95 bits per heavy atom. The molecular weight excluding hydrogens is 548 g/mol. The van der Waals surface area contributed by atoms with Crippen LogP contribution in [0.25, 0.3) is 16.9 Å². The molecule has 1 aliphatic heterocycles. The molecule has 4 aromatic rings. The summed E-state index contributed by atoms with van der Waals surface area (Å²) in [5.41, 5.74) is 5.75. The topological polar surface area (TPSA) is 125 Å². The standard InChI is InChI=1S/C23H19Cl2F3N8O2/c1-36-19-17(24)16(38-15(7-29)18-20(25)32-3-2-31-18)10-33-21(19)35-22(36)34-12-4-11(23(26,27)28)5-13(6-12)37-14-8-30-9-14/h2-7,10,14,30H,8-9,29H2,1H3,(H,33,34,35)/b15-7+. The Bertz CT molecular complexity index is 1540. The van der Waals surface area contributed by atoms with E-state index in [9.17, 15) is 13.2 Å². The van der Waals surface area contributed by atoms with Gasteiger partial charge in [0.05, 0.1) is 11.8 Å². The number of anilines is 2. The minimum atomic E-state index is -4.57. The smallest absolute Gasteiger partial charge is 0.416 e. The number of nitrogens with one attached hydrogen (secondary N) is 2. The highest BCUT2D eigenvalue weighted by Gasteiger charge is 2.32. The number of alkyl halides is 3. The van der Waals surface area contributed by atoms with Crippen LogP contribution in [-0.4, -0.2) is 43.7 Å². The molecule has 10 nitrogen and oxygen atoms in total. The lowest BCUT2D eigenvalue weighted by atomic mass is 10.1. The summed E-state index contributed by atoms with van der Waals surface area (Å²) in [6, 6.07) is 3.41. The van der Waals surface area contributed by atoms with Crippen molar-refractivity contribution in [3.8, 4) is 11.5 Å². The average Bonchev–Trinajstić information content (AvgIpc) is 3.16. The second-order valence-corrected chi connectivity index (χ2v) is 8.93. The molecule has 0 spiro atoms. The number of aryl methyl sites for hydroxylation is 1. The van der Waals surface area contributed by atoms with Crippen molar-refractivity contribution in [3.63, 3.8) is 0 Å². The zero-order valence-electron chi connectivity index (χ0n) is 19.6. The van der Waals surface area contributed by atoms with E-state index < -0.39 is 11.7 Å². The van der Waals surface area contributed by atoms with Gasteiger partial charge in [0, 0.05) is 50.5 Å². The Kier molecular flexibility index (Phi) is 6.90. The van der Waals surface area contributed by atoms with Crippen molar-refractivity contribution in [2.24, 2.45) is 12.8 Å². The number of imidazole rings is 1. The van der Waals surface area contributed by atoms with Gasteiger partial charge in [-0.15, -0.1) is 0 Å². The van der Waals surface area contributed by atoms with Gasteiger partial charge in [0.1, 0.15) is 28.1 Å². The Labute approximate surface area is 223 Å². The molecule has 5 rings (SSSR count). The Morgan fingerprint density at radius 1 is 1.18 bits per heavy atom. The van der Waals surface area contributed by atoms with Gasteiger partial charge in [0.2, 0.25) is 5.95 Å². The third-order valence-electron chi connectivity index (χ3n) is 5.60. The summed E-state index contributed by atoms with van der Waals surface area (Å²) in [6.07, 6.45) is 0.542. The molecular formula is C23H19Cl2F3N8O2. The third-order valence-corrected chi connectivity index (χ3v) is 6.24. The molecule has 1 aromatic carbocycles. The van der Waals surface area contributed by atoms with Gasteiger partial charge in [-0.25, -0.2) is 15.0 Å². The maximum absolute atomic E-state index is 13.6. The van der Waals surface area contributed by atoms with Crippen molar-refractivity contribution in [1.82, 2.24) is 29.8 Å². The first kappa shape index (κ1) is 25.8. The zero-order chi connectivity index (χ0) is 27.0. The van der Waals surface area contributed by atoms with Crippen LogP contribution in [0.4, 0.5) is 24.8 Å². The van der Waals surface area contributed by atoms with E-state index in [1.807, 2.05) is 0 Å². The Morgan fingerprint density at radius 3 is 2.61 bits per heavy atom. The minimum absolute atomic E-state index is 0.0689. The zero-order valence-corrected chi connectivity index (χ0v) is 21.1. The number of aromatic nitrogens is 5. The highest BCUT2D eigenvalue weighted by atomic mass is 35.5. The van der Waals surface area contributed by atoms with Crippen molar-refractivity contribution in [2.75, 3.05) is 18.4 Å². The van der Waals surface area contributed by atoms with E-state index in [4.69, 9.17) is 38.4 Å². The van der Waals surface area contributed by atoms with E-state index in [0.717, 1.165) is 18.3 Å². The normalized spacial score (nSPS) is 14.4. The van der Waals surface area contributed by atoms with Gasteiger partial charge in [0.25, 0.3) is 0 Å². The molecule has 0 amide bonds. The number of nitrogens with zero attached hydrogens (tertiary/aromatic N) is 5. The van der Waals surface area contributed by atoms with Gasteiger partial charge in [-0.3, -0.25) is 0 Å². The van der Waals surface area contributed by atoms with Crippen LogP contribution >= 0.6 is 23.2 Å². The molecule has 15 heteroatoms. The van der Waals surface area contributed by atoms with E-state index in [-0.39, 0.29) is 56.5 Å². The van der Waals surface area contributed by atoms with Gasteiger partial charge in [-0.1, -0.05) is 23.2 Å². The third kappa shape index (κ3) is 5.12. The summed E-state index contributed by atoms with van der Waals surface area (Å²) in [4.78, 5) is 16.7. The van der Waals surface area contributed by atoms with Gasteiger partial charge in [-0.2, -0.15) is 18.2 Å². The Balaban J connectivity index is 1.47. The van der Waals surface area contributed by atoms with E-state index in [1.54, 1.807) is 7.05 Å². The number of nitrogens with two attached hydrogens (primary N) is 1. The van der Waals surface area contributed by atoms with Gasteiger partial charge in [-0.05, 0) is 12.1 Å². The lowest BCUT2D eigenvalue weighted by Gasteiger charge is -2.28. The quantitative estimate of drug-likeness (QED) is 0.277. The summed E-state index contributed by atoms with van der Waals surface area (Å²) in [5.74, 6) is 0.484. The second kappa shape index (κ2) is 10.2. The molecule has 4 heterocycles. The number of benzene rings is 1. The van der Waals surface area contributed by atoms with Gasteiger partial charge in [0.15, 0.2) is 22.3 Å². The summed E-state index contributed by atoms with van der Waals surface area (Å²) < 4.78 is 53.7. The van der Waals surface area contributed by atoms with E-state index in [2.05, 4.69) is 30.6 Å². The number of rotatable bonds is 7. The lowest BCUT2D eigenvalue weighted by Crippen LogP contribution is -2.50. The molecule has 4 N–H and O–H groups in total. The number of ether oxygens (including phenoxy) is 2. The first-order valence-corrected chi connectivity index (χ1v) is 11.8. The lowest BCUT2D eigenvalue weighted by molar-refractivity contribution is -0.137. The molecule has 1 aliphatic rings. The van der Waals surface area contributed by atoms with E-state index in [1.165, 1.54) is 29.2 Å². The fourth-order valence-corrected chi connectivity index (χ4v) is 4.13. The summed E-state index contributed by atoms with van der Waals surface area (Å²) in [7, 11) is 1.62. The summed E-state index contributed by atoms with van der Waals surface area (Å²) in [5, 5.41) is 6.11. The molecule has 0 aliphatic carbocycles. The average molecular weight is 567 g/mol. The second-order valence-electron chi connectivity index (χ2n) is 8.20. The molecule has 0 radical (unpaired) electrons. The molecule has 1 saturated heterocycles. The maximum atomic E-state index is 13.6. The van der Waals surface area contributed by atoms with Crippen molar-refractivity contribution < 1.29 is 22.6 Å². The number of fused-ring (bicyclic) bond motifs is 1. The first-order valence-electron chi connectivity index (χ1n) is 11.1. The van der Waals surface area contributed by atoms with Crippen molar-refractivity contribution >= 4 is 51.8 Å². The monoisotopic (exact) mass is 566 g/mol. The van der Waals surface area contributed by atoms with Crippen molar-refractivity contribution in [3.05, 3.63) is 64.4 Å². The van der Waals surface area contributed by atoms with Crippen LogP contribution in [0.5, 0.6) is 11.5 Å². The highest BCUT2D eigenvalue weighted by molar-refractivity contribution is 6.36. The van der Waals surface area contributed by atoms with Crippen LogP contribution < -0.4 is 25.8 Å². The first-order chi connectivity index (χ1) is 18.1. The predicted molar refractivity (Wildman–Crippen MR) is 135 cm³/mol. The fraction of sp³-hybridized carbons (Fsp3) is 0.217. The largest absolute Gasteiger partial charge is 0.488 e. The van der Waals surface area contributed by atoms with Crippen LogP contribution in [0.2, 0.25) is 10.2 Å². The molecule has 198 valence electrons. The molecule has 0 unspecified atom stereocenters. The highest BCUT2D eigenvalue weighted by Crippen LogP contribution is 2.38. The number of halogens is 5.